The van der Waals surface area contributed by atoms with Gasteiger partial charge in [0.25, 0.3) is 0 Å². The predicted octanol–water partition coefficient (Wildman–Crippen LogP) is 4.33. The van der Waals surface area contributed by atoms with Gasteiger partial charge in [0.2, 0.25) is 0 Å². The topological polar surface area (TPSA) is 65.0 Å². The first-order chi connectivity index (χ1) is 13.0. The highest BCUT2D eigenvalue weighted by molar-refractivity contribution is 5.67. The highest BCUT2D eigenvalue weighted by atomic mass is 16.5. The van der Waals surface area contributed by atoms with Crippen molar-refractivity contribution in [2.75, 3.05) is 14.2 Å². The lowest BCUT2D eigenvalue weighted by atomic mass is 9.91. The lowest BCUT2D eigenvalue weighted by molar-refractivity contribution is -0.138. The molecule has 0 fully saturated rings. The van der Waals surface area contributed by atoms with E-state index in [0.717, 1.165) is 11.1 Å². The largest absolute Gasteiger partial charge is 0.497 e. The summed E-state index contributed by atoms with van der Waals surface area (Å²) in [5.41, 5.74) is 2.10. The van der Waals surface area contributed by atoms with Gasteiger partial charge in [0.1, 0.15) is 11.5 Å². The molecule has 0 aliphatic heterocycles. The first kappa shape index (κ1) is 20.8. The van der Waals surface area contributed by atoms with Crippen LogP contribution in [-0.2, 0) is 22.6 Å². The molecule has 2 atom stereocenters. The van der Waals surface area contributed by atoms with Gasteiger partial charge in [-0.05, 0) is 48.9 Å². The van der Waals surface area contributed by atoms with Crippen LogP contribution < -0.4 is 9.47 Å². The third-order valence-electron chi connectivity index (χ3n) is 4.44. The Kier molecular flexibility index (Phi) is 8.14. The zero-order valence-corrected chi connectivity index (χ0v) is 16.2. The third-order valence-corrected chi connectivity index (χ3v) is 4.44. The first-order valence-electron chi connectivity index (χ1n) is 9.09. The maximum atomic E-state index is 11.3. The number of benzene rings is 2. The third kappa shape index (κ3) is 7.31. The van der Waals surface area contributed by atoms with E-state index >= 15 is 0 Å². The molecular formula is C22H28O5. The minimum absolute atomic E-state index is 0.0370. The van der Waals surface area contributed by atoms with Crippen LogP contribution in [0.2, 0.25) is 0 Å². The van der Waals surface area contributed by atoms with Gasteiger partial charge in [-0.2, -0.15) is 0 Å². The number of carboxylic acid groups (broad SMARTS) is 1. The second-order valence-electron chi connectivity index (χ2n) is 6.73. The van der Waals surface area contributed by atoms with Crippen molar-refractivity contribution in [1.29, 1.82) is 0 Å². The van der Waals surface area contributed by atoms with Crippen molar-refractivity contribution < 1.29 is 24.1 Å². The lowest BCUT2D eigenvalue weighted by Crippen LogP contribution is -2.19. The minimum Gasteiger partial charge on any atom is -0.497 e. The molecule has 0 spiro atoms. The van der Waals surface area contributed by atoms with Gasteiger partial charge >= 0.3 is 5.97 Å². The van der Waals surface area contributed by atoms with E-state index in [0.29, 0.717) is 30.9 Å². The number of hydrogen-bond donors (Lipinski definition) is 1. The molecule has 2 aromatic rings. The summed E-state index contributed by atoms with van der Waals surface area (Å²) in [6.45, 7) is 2.51. The Balaban J connectivity index is 2.00. The van der Waals surface area contributed by atoms with Gasteiger partial charge in [-0.15, -0.1) is 0 Å². The number of hydrogen-bond acceptors (Lipinski definition) is 4. The summed E-state index contributed by atoms with van der Waals surface area (Å²) >= 11 is 0. The van der Waals surface area contributed by atoms with Crippen LogP contribution in [0.25, 0.3) is 0 Å². The van der Waals surface area contributed by atoms with Crippen LogP contribution in [0.5, 0.6) is 11.5 Å². The van der Waals surface area contributed by atoms with Crippen molar-refractivity contribution in [3.63, 3.8) is 0 Å². The molecule has 146 valence electrons. The van der Waals surface area contributed by atoms with E-state index in [1.165, 1.54) is 0 Å². The molecule has 0 saturated heterocycles. The molecule has 0 aromatic heterocycles. The van der Waals surface area contributed by atoms with Gasteiger partial charge < -0.3 is 19.3 Å². The molecule has 0 heterocycles. The summed E-state index contributed by atoms with van der Waals surface area (Å²) in [6, 6.07) is 15.6. The maximum Gasteiger partial charge on any atom is 0.303 e. The van der Waals surface area contributed by atoms with Gasteiger partial charge in [0, 0.05) is 12.5 Å². The summed E-state index contributed by atoms with van der Waals surface area (Å²) in [6.07, 6.45) is 1.35. The summed E-state index contributed by atoms with van der Waals surface area (Å²) in [5.74, 6) is 0.564. The van der Waals surface area contributed by atoms with Crippen molar-refractivity contribution in [2.45, 2.75) is 38.9 Å². The SMILES string of the molecule is COc1cc(C[C@H](CC(=O)O)C[C@H](C)OCc2ccccc2)cc(OC)c1. The summed E-state index contributed by atoms with van der Waals surface area (Å²) in [4.78, 5) is 11.3. The van der Waals surface area contributed by atoms with Crippen LogP contribution in [0.4, 0.5) is 0 Å². The normalized spacial score (nSPS) is 13.0. The van der Waals surface area contributed by atoms with E-state index in [-0.39, 0.29) is 18.4 Å². The van der Waals surface area contributed by atoms with E-state index in [1.807, 2.05) is 49.4 Å². The first-order valence-corrected chi connectivity index (χ1v) is 9.09. The van der Waals surface area contributed by atoms with E-state index in [1.54, 1.807) is 20.3 Å². The number of rotatable bonds is 11. The average Bonchev–Trinajstić information content (AvgIpc) is 2.66. The Hall–Kier alpha value is -2.53. The highest BCUT2D eigenvalue weighted by Gasteiger charge is 2.19. The Morgan fingerprint density at radius 3 is 2.19 bits per heavy atom. The fourth-order valence-electron chi connectivity index (χ4n) is 3.15. The van der Waals surface area contributed by atoms with Crippen LogP contribution in [0, 0.1) is 5.92 Å². The van der Waals surface area contributed by atoms with E-state index in [4.69, 9.17) is 14.2 Å². The Morgan fingerprint density at radius 1 is 1.00 bits per heavy atom. The maximum absolute atomic E-state index is 11.3. The molecule has 0 saturated carbocycles. The van der Waals surface area contributed by atoms with Crippen LogP contribution in [0.3, 0.4) is 0 Å². The van der Waals surface area contributed by atoms with Crippen LogP contribution in [0.1, 0.15) is 30.9 Å². The molecular weight excluding hydrogens is 344 g/mol. The van der Waals surface area contributed by atoms with Crippen molar-refractivity contribution >= 4 is 5.97 Å². The van der Waals surface area contributed by atoms with Crippen LogP contribution in [-0.4, -0.2) is 31.4 Å². The van der Waals surface area contributed by atoms with Gasteiger partial charge in [-0.1, -0.05) is 30.3 Å². The molecule has 5 heteroatoms. The number of methoxy groups -OCH3 is 2. The fraction of sp³-hybridized carbons (Fsp3) is 0.409. The van der Waals surface area contributed by atoms with Gasteiger partial charge in [0.05, 0.1) is 26.9 Å². The van der Waals surface area contributed by atoms with E-state index in [9.17, 15) is 9.90 Å². The molecule has 0 bridgehead atoms. The average molecular weight is 372 g/mol. The Morgan fingerprint density at radius 2 is 1.63 bits per heavy atom. The number of carboxylic acids is 1. The number of carbonyl (C=O) groups is 1. The summed E-state index contributed by atoms with van der Waals surface area (Å²) < 4.78 is 16.5. The van der Waals surface area contributed by atoms with Crippen molar-refractivity contribution in [3.05, 3.63) is 59.7 Å². The highest BCUT2D eigenvalue weighted by Crippen LogP contribution is 2.27. The smallest absolute Gasteiger partial charge is 0.303 e. The van der Waals surface area contributed by atoms with Crippen molar-refractivity contribution in [2.24, 2.45) is 5.92 Å². The minimum atomic E-state index is -0.801. The Bertz CT molecular complexity index is 692. The van der Waals surface area contributed by atoms with Crippen molar-refractivity contribution in [3.8, 4) is 11.5 Å². The molecule has 1 N–H and O–H groups in total. The predicted molar refractivity (Wildman–Crippen MR) is 104 cm³/mol. The molecule has 0 amide bonds. The molecule has 27 heavy (non-hydrogen) atoms. The second kappa shape index (κ2) is 10.6. The van der Waals surface area contributed by atoms with Crippen LogP contribution >= 0.6 is 0 Å². The molecule has 2 rings (SSSR count). The van der Waals surface area contributed by atoms with E-state index in [2.05, 4.69) is 0 Å². The Labute approximate surface area is 160 Å². The molecule has 0 radical (unpaired) electrons. The summed E-state index contributed by atoms with van der Waals surface area (Å²) in [7, 11) is 3.21. The monoisotopic (exact) mass is 372 g/mol. The van der Waals surface area contributed by atoms with Crippen LogP contribution in [0.15, 0.2) is 48.5 Å². The molecule has 2 aromatic carbocycles. The molecule has 5 nitrogen and oxygen atoms in total. The zero-order valence-electron chi connectivity index (χ0n) is 16.2. The standard InChI is InChI=1S/C22H28O5/c1-16(27-15-17-7-5-4-6-8-17)9-18(13-22(23)24)10-19-11-20(25-2)14-21(12-19)26-3/h4-8,11-12,14,16,18H,9-10,13,15H2,1-3H3,(H,23,24)/t16-,18+/m0/s1. The fourth-order valence-corrected chi connectivity index (χ4v) is 3.15. The number of aliphatic carboxylic acids is 1. The lowest BCUT2D eigenvalue weighted by Gasteiger charge is -2.21. The zero-order chi connectivity index (χ0) is 19.6. The van der Waals surface area contributed by atoms with Crippen molar-refractivity contribution in [1.82, 2.24) is 0 Å². The summed E-state index contributed by atoms with van der Waals surface area (Å²) in [5, 5.41) is 9.29. The second-order valence-corrected chi connectivity index (χ2v) is 6.73. The van der Waals surface area contributed by atoms with Gasteiger partial charge in [0.15, 0.2) is 0 Å². The molecule has 0 aliphatic rings. The van der Waals surface area contributed by atoms with Gasteiger partial charge in [-0.3, -0.25) is 4.79 Å². The quantitative estimate of drug-likeness (QED) is 0.636. The molecule has 0 aliphatic carbocycles. The van der Waals surface area contributed by atoms with Gasteiger partial charge in [-0.25, -0.2) is 0 Å². The molecule has 0 unspecified atom stereocenters. The van der Waals surface area contributed by atoms with E-state index < -0.39 is 5.97 Å². The number of ether oxygens (including phenoxy) is 3.